The number of carbonyl (C=O) groups is 2. The molecular formula is C24H23N3O5S. The van der Waals surface area contributed by atoms with Crippen molar-refractivity contribution in [3.8, 4) is 0 Å². The number of hydrogen-bond donors (Lipinski definition) is 2. The smallest absolute Gasteiger partial charge is 0.337 e. The molecule has 0 saturated heterocycles. The maximum atomic E-state index is 12.8. The van der Waals surface area contributed by atoms with E-state index in [1.54, 1.807) is 30.3 Å². The zero-order valence-corrected chi connectivity index (χ0v) is 19.1. The molecular weight excluding hydrogens is 442 g/mol. The number of aryl methyl sites for hydroxylation is 2. The van der Waals surface area contributed by atoms with Crippen molar-refractivity contribution in [3.63, 3.8) is 0 Å². The van der Waals surface area contributed by atoms with E-state index in [1.807, 2.05) is 26.0 Å². The van der Waals surface area contributed by atoms with E-state index in [2.05, 4.69) is 20.0 Å². The van der Waals surface area contributed by atoms with Crippen molar-refractivity contribution in [3.05, 3.63) is 94.5 Å². The van der Waals surface area contributed by atoms with Crippen molar-refractivity contribution < 1.29 is 22.7 Å². The van der Waals surface area contributed by atoms with Crippen molar-refractivity contribution >= 4 is 33.8 Å². The van der Waals surface area contributed by atoms with Crippen molar-refractivity contribution in [1.29, 1.82) is 0 Å². The van der Waals surface area contributed by atoms with Crippen LogP contribution in [0.3, 0.4) is 0 Å². The number of methoxy groups -OCH3 is 1. The highest BCUT2D eigenvalue weighted by atomic mass is 32.2. The van der Waals surface area contributed by atoms with Crippen LogP contribution in [0.15, 0.2) is 76.7 Å². The lowest BCUT2D eigenvalue weighted by molar-refractivity contribution is 0.0600. The topological polar surface area (TPSA) is 114 Å². The summed E-state index contributed by atoms with van der Waals surface area (Å²) in [4.78, 5) is 23.9. The van der Waals surface area contributed by atoms with Gasteiger partial charge in [-0.2, -0.15) is 5.10 Å². The molecule has 3 aromatic rings. The summed E-state index contributed by atoms with van der Waals surface area (Å²) in [6.07, 6.45) is 1.40. The number of sulfonamides is 1. The largest absolute Gasteiger partial charge is 0.465 e. The van der Waals surface area contributed by atoms with Crippen LogP contribution in [0.1, 0.15) is 37.4 Å². The molecule has 0 aromatic heterocycles. The van der Waals surface area contributed by atoms with Gasteiger partial charge in [0.2, 0.25) is 0 Å². The number of esters is 1. The maximum absolute atomic E-state index is 12.8. The fraction of sp³-hybridized carbons (Fsp3) is 0.125. The van der Waals surface area contributed by atoms with E-state index in [-0.39, 0.29) is 10.5 Å². The van der Waals surface area contributed by atoms with Gasteiger partial charge < -0.3 is 4.74 Å². The summed E-state index contributed by atoms with van der Waals surface area (Å²) >= 11 is 0. The predicted octanol–water partition coefficient (Wildman–Crippen LogP) is 3.65. The van der Waals surface area contributed by atoms with Crippen LogP contribution in [0.2, 0.25) is 0 Å². The molecule has 0 aliphatic carbocycles. The standard InChI is InChI=1S/C24H23N3O5S/c1-16-7-12-22(17(2)13-16)27-33(30,31)21-6-4-5-20(14-21)23(28)26-25-15-18-8-10-19(11-9-18)24(29)32-3/h4-15,27H,1-3H3,(H,26,28)/b25-15+. The summed E-state index contributed by atoms with van der Waals surface area (Å²) in [5, 5.41) is 3.89. The van der Waals surface area contributed by atoms with E-state index in [0.717, 1.165) is 11.1 Å². The number of anilines is 1. The Morgan fingerprint density at radius 3 is 2.33 bits per heavy atom. The number of ether oxygens (including phenoxy) is 1. The lowest BCUT2D eigenvalue weighted by atomic mass is 10.1. The molecule has 0 saturated carbocycles. The minimum absolute atomic E-state index is 0.0440. The number of nitrogens with zero attached hydrogens (tertiary/aromatic N) is 1. The molecule has 0 spiro atoms. The van der Waals surface area contributed by atoms with Crippen molar-refractivity contribution in [2.24, 2.45) is 5.10 Å². The molecule has 0 fully saturated rings. The second-order valence-electron chi connectivity index (χ2n) is 7.26. The molecule has 0 unspecified atom stereocenters. The van der Waals surface area contributed by atoms with Crippen LogP contribution in [0.4, 0.5) is 5.69 Å². The highest BCUT2D eigenvalue weighted by Crippen LogP contribution is 2.21. The Bertz CT molecular complexity index is 1320. The van der Waals surface area contributed by atoms with Crippen LogP contribution in [-0.4, -0.2) is 33.6 Å². The molecule has 170 valence electrons. The molecule has 2 N–H and O–H groups in total. The Morgan fingerprint density at radius 2 is 1.67 bits per heavy atom. The Kier molecular flexibility index (Phi) is 7.24. The Hall–Kier alpha value is -3.98. The first-order valence-electron chi connectivity index (χ1n) is 9.91. The lowest BCUT2D eigenvalue weighted by Crippen LogP contribution is -2.19. The van der Waals surface area contributed by atoms with Crippen LogP contribution < -0.4 is 10.1 Å². The van der Waals surface area contributed by atoms with Crippen LogP contribution in [0, 0.1) is 13.8 Å². The summed E-state index contributed by atoms with van der Waals surface area (Å²) in [5.41, 5.74) is 5.83. The molecule has 0 radical (unpaired) electrons. The number of hydrazone groups is 1. The van der Waals surface area contributed by atoms with Crippen LogP contribution in [0.5, 0.6) is 0 Å². The van der Waals surface area contributed by atoms with E-state index in [0.29, 0.717) is 16.8 Å². The highest BCUT2D eigenvalue weighted by molar-refractivity contribution is 7.92. The van der Waals surface area contributed by atoms with Crippen LogP contribution in [0.25, 0.3) is 0 Å². The summed E-state index contributed by atoms with van der Waals surface area (Å²) in [6, 6.07) is 17.5. The molecule has 3 aromatic carbocycles. The predicted molar refractivity (Wildman–Crippen MR) is 126 cm³/mol. The van der Waals surface area contributed by atoms with Gasteiger partial charge in [-0.05, 0) is 61.4 Å². The molecule has 1 amide bonds. The molecule has 0 aliphatic rings. The zero-order valence-electron chi connectivity index (χ0n) is 18.3. The minimum atomic E-state index is -3.89. The summed E-state index contributed by atoms with van der Waals surface area (Å²) in [5.74, 6) is -1.02. The monoisotopic (exact) mass is 465 g/mol. The fourth-order valence-electron chi connectivity index (χ4n) is 2.99. The molecule has 3 rings (SSSR count). The number of nitrogens with one attached hydrogen (secondary N) is 2. The Balaban J connectivity index is 1.70. The minimum Gasteiger partial charge on any atom is -0.465 e. The summed E-state index contributed by atoms with van der Waals surface area (Å²) < 4.78 is 32.8. The van der Waals surface area contributed by atoms with E-state index in [4.69, 9.17) is 0 Å². The molecule has 0 bridgehead atoms. The number of benzene rings is 3. The summed E-state index contributed by atoms with van der Waals surface area (Å²) in [6.45, 7) is 3.74. The first-order chi connectivity index (χ1) is 15.7. The zero-order chi connectivity index (χ0) is 24.0. The highest BCUT2D eigenvalue weighted by Gasteiger charge is 2.17. The fourth-order valence-corrected chi connectivity index (χ4v) is 4.17. The van der Waals surface area contributed by atoms with E-state index < -0.39 is 21.9 Å². The first kappa shape index (κ1) is 23.7. The van der Waals surface area contributed by atoms with Gasteiger partial charge in [-0.15, -0.1) is 0 Å². The van der Waals surface area contributed by atoms with Gasteiger partial charge in [0.05, 0.1) is 29.5 Å². The van der Waals surface area contributed by atoms with Gasteiger partial charge in [-0.1, -0.05) is 35.9 Å². The molecule has 0 aliphatic heterocycles. The molecule has 9 heteroatoms. The Morgan fingerprint density at radius 1 is 0.939 bits per heavy atom. The SMILES string of the molecule is COC(=O)c1ccc(/C=N/NC(=O)c2cccc(S(=O)(=O)Nc3ccc(C)cc3C)c2)cc1. The molecule has 0 heterocycles. The van der Waals surface area contributed by atoms with E-state index in [9.17, 15) is 18.0 Å². The number of amides is 1. The van der Waals surface area contributed by atoms with Gasteiger partial charge in [-0.25, -0.2) is 18.6 Å². The molecule has 8 nitrogen and oxygen atoms in total. The van der Waals surface area contributed by atoms with Gasteiger partial charge in [0.25, 0.3) is 15.9 Å². The second-order valence-corrected chi connectivity index (χ2v) is 8.95. The normalized spacial score (nSPS) is 11.2. The quantitative estimate of drug-likeness (QED) is 0.314. The van der Waals surface area contributed by atoms with Crippen molar-refractivity contribution in [1.82, 2.24) is 5.43 Å². The summed E-state index contributed by atoms with van der Waals surface area (Å²) in [7, 11) is -2.59. The van der Waals surface area contributed by atoms with Crippen molar-refractivity contribution in [2.45, 2.75) is 18.7 Å². The van der Waals surface area contributed by atoms with E-state index >= 15 is 0 Å². The average Bonchev–Trinajstić information content (AvgIpc) is 2.81. The van der Waals surface area contributed by atoms with Gasteiger partial charge >= 0.3 is 5.97 Å². The first-order valence-corrected chi connectivity index (χ1v) is 11.4. The van der Waals surface area contributed by atoms with Gasteiger partial charge in [0.15, 0.2) is 0 Å². The second kappa shape index (κ2) is 10.1. The third-order valence-electron chi connectivity index (χ3n) is 4.74. The van der Waals surface area contributed by atoms with Crippen LogP contribution >= 0.6 is 0 Å². The van der Waals surface area contributed by atoms with Gasteiger partial charge in [0.1, 0.15) is 0 Å². The lowest BCUT2D eigenvalue weighted by Gasteiger charge is -2.12. The third-order valence-corrected chi connectivity index (χ3v) is 6.11. The molecule has 33 heavy (non-hydrogen) atoms. The third kappa shape index (κ3) is 6.05. The average molecular weight is 466 g/mol. The molecule has 0 atom stereocenters. The number of carbonyl (C=O) groups excluding carboxylic acids is 2. The maximum Gasteiger partial charge on any atom is 0.337 e. The van der Waals surface area contributed by atoms with Gasteiger partial charge in [0, 0.05) is 5.56 Å². The Labute approximate surface area is 192 Å². The number of hydrogen-bond acceptors (Lipinski definition) is 6. The van der Waals surface area contributed by atoms with Crippen LogP contribution in [-0.2, 0) is 14.8 Å². The van der Waals surface area contributed by atoms with Crippen molar-refractivity contribution in [2.75, 3.05) is 11.8 Å². The van der Waals surface area contributed by atoms with Gasteiger partial charge in [-0.3, -0.25) is 9.52 Å². The van der Waals surface area contributed by atoms with E-state index in [1.165, 1.54) is 37.6 Å². The number of rotatable bonds is 7.